The van der Waals surface area contributed by atoms with Crippen molar-refractivity contribution < 1.29 is 14.2 Å². The molecular weight excluding hydrogens is 286 g/mol. The molecule has 0 spiro atoms. The molecule has 0 bridgehead atoms. The van der Waals surface area contributed by atoms with Crippen LogP contribution >= 0.6 is 11.8 Å². The van der Waals surface area contributed by atoms with Crippen LogP contribution in [0.1, 0.15) is 25.3 Å². The second-order valence-corrected chi connectivity index (χ2v) is 6.66. The van der Waals surface area contributed by atoms with Gasteiger partial charge in [-0.1, -0.05) is 0 Å². The van der Waals surface area contributed by atoms with E-state index < -0.39 is 0 Å². The summed E-state index contributed by atoms with van der Waals surface area (Å²) in [5, 5.41) is 3.53. The molecule has 0 aromatic heterocycles. The van der Waals surface area contributed by atoms with Gasteiger partial charge in [0.15, 0.2) is 11.5 Å². The lowest BCUT2D eigenvalue weighted by molar-refractivity contribution is 0.0206. The predicted octanol–water partition coefficient (Wildman–Crippen LogP) is 2.84. The molecule has 1 unspecified atom stereocenters. The van der Waals surface area contributed by atoms with Gasteiger partial charge in [0.2, 0.25) is 0 Å². The number of ether oxygens (including phenoxy) is 3. The minimum atomic E-state index is -0.00661. The molecule has 1 aromatic rings. The SMILES string of the molecule is CSc1cc2c(cc1CNCC1(C)CCCO1)OCCO2. The van der Waals surface area contributed by atoms with Crippen LogP contribution in [0.3, 0.4) is 0 Å². The fourth-order valence-corrected chi connectivity index (χ4v) is 3.50. The Hall–Kier alpha value is -0.910. The second-order valence-electron chi connectivity index (χ2n) is 5.81. The zero-order valence-electron chi connectivity index (χ0n) is 12.7. The normalized spacial score (nSPS) is 24.3. The molecule has 1 saturated heterocycles. The van der Waals surface area contributed by atoms with Crippen LogP contribution in [0.5, 0.6) is 11.5 Å². The van der Waals surface area contributed by atoms with E-state index in [9.17, 15) is 0 Å². The fourth-order valence-electron chi connectivity index (χ4n) is 2.88. The molecule has 2 aliphatic heterocycles. The first-order valence-corrected chi connectivity index (χ1v) is 8.74. The van der Waals surface area contributed by atoms with Gasteiger partial charge in [0.25, 0.3) is 0 Å². The monoisotopic (exact) mass is 309 g/mol. The summed E-state index contributed by atoms with van der Waals surface area (Å²) in [6.07, 6.45) is 4.39. The quantitative estimate of drug-likeness (QED) is 0.847. The maximum absolute atomic E-state index is 5.81. The van der Waals surface area contributed by atoms with E-state index in [0.717, 1.165) is 44.0 Å². The molecule has 0 aliphatic carbocycles. The molecule has 0 radical (unpaired) electrons. The van der Waals surface area contributed by atoms with Crippen molar-refractivity contribution in [1.29, 1.82) is 0 Å². The van der Waals surface area contributed by atoms with Gasteiger partial charge in [-0.05, 0) is 43.7 Å². The Balaban J connectivity index is 1.66. The van der Waals surface area contributed by atoms with Crippen molar-refractivity contribution in [3.05, 3.63) is 17.7 Å². The lowest BCUT2D eigenvalue weighted by atomic mass is 10.0. The average molecular weight is 309 g/mol. The van der Waals surface area contributed by atoms with Crippen molar-refractivity contribution in [1.82, 2.24) is 5.32 Å². The lowest BCUT2D eigenvalue weighted by Crippen LogP contribution is -2.36. The molecule has 1 fully saturated rings. The van der Waals surface area contributed by atoms with E-state index in [1.807, 2.05) is 0 Å². The highest BCUT2D eigenvalue weighted by molar-refractivity contribution is 7.98. The van der Waals surface area contributed by atoms with Gasteiger partial charge < -0.3 is 19.5 Å². The Morgan fingerprint density at radius 3 is 2.62 bits per heavy atom. The molecule has 4 nitrogen and oxygen atoms in total. The Kier molecular flexibility index (Phi) is 4.62. The van der Waals surface area contributed by atoms with Gasteiger partial charge in [-0.15, -0.1) is 11.8 Å². The molecule has 1 aromatic carbocycles. The number of rotatable bonds is 5. The first-order chi connectivity index (χ1) is 10.2. The van der Waals surface area contributed by atoms with Crippen LogP contribution in [-0.4, -0.2) is 38.2 Å². The summed E-state index contributed by atoms with van der Waals surface area (Å²) in [4.78, 5) is 1.24. The first kappa shape index (κ1) is 15.0. The molecule has 0 saturated carbocycles. The number of nitrogens with one attached hydrogen (secondary N) is 1. The minimum Gasteiger partial charge on any atom is -0.486 e. The van der Waals surface area contributed by atoms with E-state index >= 15 is 0 Å². The largest absolute Gasteiger partial charge is 0.486 e. The third-order valence-corrected chi connectivity index (χ3v) is 4.88. The summed E-state index contributed by atoms with van der Waals surface area (Å²) in [5.74, 6) is 1.72. The van der Waals surface area contributed by atoms with Gasteiger partial charge in [0.1, 0.15) is 13.2 Å². The van der Waals surface area contributed by atoms with Crippen LogP contribution in [0.25, 0.3) is 0 Å². The Labute approximate surface area is 130 Å². The summed E-state index contributed by atoms with van der Waals surface area (Å²) in [7, 11) is 0. The maximum Gasteiger partial charge on any atom is 0.162 e. The Morgan fingerprint density at radius 2 is 1.95 bits per heavy atom. The van der Waals surface area contributed by atoms with Crippen molar-refractivity contribution in [3.63, 3.8) is 0 Å². The van der Waals surface area contributed by atoms with Crippen molar-refractivity contribution in [2.24, 2.45) is 0 Å². The number of hydrogen-bond acceptors (Lipinski definition) is 5. The lowest BCUT2D eigenvalue weighted by Gasteiger charge is -2.24. The van der Waals surface area contributed by atoms with Gasteiger partial charge in [0.05, 0.1) is 5.60 Å². The molecule has 1 N–H and O–H groups in total. The van der Waals surface area contributed by atoms with Crippen LogP contribution in [-0.2, 0) is 11.3 Å². The molecule has 5 heteroatoms. The van der Waals surface area contributed by atoms with Gasteiger partial charge in [-0.3, -0.25) is 0 Å². The van der Waals surface area contributed by atoms with E-state index in [2.05, 4.69) is 30.6 Å². The number of hydrogen-bond donors (Lipinski definition) is 1. The zero-order valence-corrected chi connectivity index (χ0v) is 13.6. The standard InChI is InChI=1S/C16H23NO3S/c1-16(4-3-5-20-16)11-17-10-12-8-13-14(9-15(12)21-2)19-7-6-18-13/h8-9,17H,3-7,10-11H2,1-2H3. The van der Waals surface area contributed by atoms with Crippen molar-refractivity contribution >= 4 is 11.8 Å². The Morgan fingerprint density at radius 1 is 1.19 bits per heavy atom. The Bertz CT molecular complexity index is 501. The van der Waals surface area contributed by atoms with Crippen LogP contribution < -0.4 is 14.8 Å². The van der Waals surface area contributed by atoms with Crippen LogP contribution in [0.2, 0.25) is 0 Å². The van der Waals surface area contributed by atoms with Gasteiger partial charge in [0, 0.05) is 24.6 Å². The molecule has 3 rings (SSSR count). The molecule has 2 aliphatic rings. The minimum absolute atomic E-state index is 0.00661. The van der Waals surface area contributed by atoms with Gasteiger partial charge in [-0.2, -0.15) is 0 Å². The van der Waals surface area contributed by atoms with E-state index in [0.29, 0.717) is 13.2 Å². The van der Waals surface area contributed by atoms with E-state index in [1.54, 1.807) is 11.8 Å². The molecule has 21 heavy (non-hydrogen) atoms. The summed E-state index contributed by atoms with van der Waals surface area (Å²) < 4.78 is 17.1. The summed E-state index contributed by atoms with van der Waals surface area (Å²) in [6.45, 7) is 6.05. The van der Waals surface area contributed by atoms with Crippen molar-refractivity contribution in [2.45, 2.75) is 36.8 Å². The number of fused-ring (bicyclic) bond motifs is 1. The van der Waals surface area contributed by atoms with E-state index in [-0.39, 0.29) is 5.60 Å². The van der Waals surface area contributed by atoms with Gasteiger partial charge >= 0.3 is 0 Å². The molecule has 1 atom stereocenters. The zero-order chi connectivity index (χ0) is 14.7. The number of benzene rings is 1. The summed E-state index contributed by atoms with van der Waals surface area (Å²) in [5.41, 5.74) is 1.25. The summed E-state index contributed by atoms with van der Waals surface area (Å²) in [6, 6.07) is 4.19. The third kappa shape index (κ3) is 3.47. The molecular formula is C16H23NO3S. The highest BCUT2D eigenvalue weighted by Crippen LogP contribution is 2.36. The predicted molar refractivity (Wildman–Crippen MR) is 84.5 cm³/mol. The molecule has 0 amide bonds. The highest BCUT2D eigenvalue weighted by atomic mass is 32.2. The second kappa shape index (κ2) is 6.46. The van der Waals surface area contributed by atoms with E-state index in [1.165, 1.54) is 10.5 Å². The van der Waals surface area contributed by atoms with Crippen LogP contribution in [0, 0.1) is 0 Å². The average Bonchev–Trinajstić information content (AvgIpc) is 2.93. The third-order valence-electron chi connectivity index (χ3n) is 4.06. The van der Waals surface area contributed by atoms with Crippen LogP contribution in [0.4, 0.5) is 0 Å². The fraction of sp³-hybridized carbons (Fsp3) is 0.625. The molecule has 116 valence electrons. The van der Waals surface area contributed by atoms with E-state index in [4.69, 9.17) is 14.2 Å². The van der Waals surface area contributed by atoms with Gasteiger partial charge in [-0.25, -0.2) is 0 Å². The topological polar surface area (TPSA) is 39.7 Å². The van der Waals surface area contributed by atoms with Crippen LogP contribution in [0.15, 0.2) is 17.0 Å². The maximum atomic E-state index is 5.81. The summed E-state index contributed by atoms with van der Waals surface area (Å²) >= 11 is 1.74. The smallest absolute Gasteiger partial charge is 0.162 e. The molecule has 2 heterocycles. The number of thioether (sulfide) groups is 1. The highest BCUT2D eigenvalue weighted by Gasteiger charge is 2.29. The van der Waals surface area contributed by atoms with Crippen molar-refractivity contribution in [3.8, 4) is 11.5 Å². The van der Waals surface area contributed by atoms with Crippen molar-refractivity contribution in [2.75, 3.05) is 32.6 Å². The first-order valence-electron chi connectivity index (χ1n) is 7.51.